The quantitative estimate of drug-likeness (QED) is 0.813. The van der Waals surface area contributed by atoms with Gasteiger partial charge in [0.05, 0.1) is 7.11 Å². The van der Waals surface area contributed by atoms with Gasteiger partial charge in [0.15, 0.2) is 0 Å². The van der Waals surface area contributed by atoms with Crippen LogP contribution >= 0.6 is 0 Å². The largest absolute Gasteiger partial charge is 0.490 e. The van der Waals surface area contributed by atoms with Crippen molar-refractivity contribution in [3.8, 4) is 0 Å². The average Bonchev–Trinajstić information content (AvgIpc) is 2.39. The van der Waals surface area contributed by atoms with E-state index in [9.17, 15) is 18.0 Å². The van der Waals surface area contributed by atoms with Crippen LogP contribution < -0.4 is 5.32 Å². The maximum Gasteiger partial charge on any atom is 0.490 e. The average molecular weight is 314 g/mol. The first kappa shape index (κ1) is 19.5. The summed E-state index contributed by atoms with van der Waals surface area (Å²) in [5.74, 6) is -2.76. The van der Waals surface area contributed by atoms with Crippen LogP contribution in [0.2, 0.25) is 0 Å². The highest BCUT2D eigenvalue weighted by atomic mass is 19.4. The highest BCUT2D eigenvalue weighted by Crippen LogP contribution is 2.16. The molecule has 1 aliphatic heterocycles. The monoisotopic (exact) mass is 314 g/mol. The van der Waals surface area contributed by atoms with Gasteiger partial charge in [-0.15, -0.1) is 0 Å². The molecule has 1 fully saturated rings. The molecule has 6 nitrogen and oxygen atoms in total. The van der Waals surface area contributed by atoms with Gasteiger partial charge in [0.2, 0.25) is 0 Å². The SMILES string of the molecule is COC(=O)N(C(C)C)C1CCNCC1.O=C(O)C(F)(F)F. The molecule has 0 atom stereocenters. The van der Waals surface area contributed by atoms with E-state index >= 15 is 0 Å². The molecular weight excluding hydrogens is 293 g/mol. The number of nitrogens with zero attached hydrogens (tertiary/aromatic N) is 1. The van der Waals surface area contributed by atoms with Gasteiger partial charge in [-0.2, -0.15) is 13.2 Å². The van der Waals surface area contributed by atoms with Crippen LogP contribution in [0.25, 0.3) is 0 Å². The van der Waals surface area contributed by atoms with Crippen LogP contribution in [0.3, 0.4) is 0 Å². The number of hydrogen-bond donors (Lipinski definition) is 2. The van der Waals surface area contributed by atoms with Crippen LogP contribution in [0.15, 0.2) is 0 Å². The number of carbonyl (C=O) groups is 2. The summed E-state index contributed by atoms with van der Waals surface area (Å²) in [6.07, 6.45) is -3.24. The van der Waals surface area contributed by atoms with Crippen LogP contribution in [0.5, 0.6) is 0 Å². The van der Waals surface area contributed by atoms with E-state index in [4.69, 9.17) is 14.6 Å². The minimum Gasteiger partial charge on any atom is -0.475 e. The molecular formula is C12H21F3N2O4. The summed E-state index contributed by atoms with van der Waals surface area (Å²) >= 11 is 0. The van der Waals surface area contributed by atoms with Gasteiger partial charge in [-0.25, -0.2) is 9.59 Å². The highest BCUT2D eigenvalue weighted by Gasteiger charge is 2.38. The Labute approximate surface area is 121 Å². The number of ether oxygens (including phenoxy) is 1. The second-order valence-corrected chi connectivity index (χ2v) is 4.76. The van der Waals surface area contributed by atoms with Crippen molar-refractivity contribution in [1.82, 2.24) is 10.2 Å². The molecule has 1 amide bonds. The molecule has 0 unspecified atom stereocenters. The predicted molar refractivity (Wildman–Crippen MR) is 69.0 cm³/mol. The topological polar surface area (TPSA) is 78.9 Å². The van der Waals surface area contributed by atoms with E-state index < -0.39 is 12.1 Å². The van der Waals surface area contributed by atoms with Crippen molar-refractivity contribution in [2.45, 2.75) is 44.9 Å². The zero-order valence-corrected chi connectivity index (χ0v) is 12.2. The molecule has 1 rings (SSSR count). The number of nitrogens with one attached hydrogen (secondary N) is 1. The zero-order valence-electron chi connectivity index (χ0n) is 12.2. The minimum atomic E-state index is -5.08. The lowest BCUT2D eigenvalue weighted by Crippen LogP contribution is -2.49. The molecule has 0 aromatic heterocycles. The maximum absolute atomic E-state index is 11.5. The maximum atomic E-state index is 11.5. The van der Waals surface area contributed by atoms with E-state index in [1.807, 2.05) is 18.7 Å². The van der Waals surface area contributed by atoms with Crippen LogP contribution in [0.1, 0.15) is 26.7 Å². The highest BCUT2D eigenvalue weighted by molar-refractivity contribution is 5.73. The third kappa shape index (κ3) is 7.16. The van der Waals surface area contributed by atoms with E-state index in [0.717, 1.165) is 25.9 Å². The Morgan fingerprint density at radius 1 is 1.29 bits per heavy atom. The Kier molecular flexibility index (Phi) is 8.08. The molecule has 9 heteroatoms. The number of aliphatic carboxylic acids is 1. The Morgan fingerprint density at radius 3 is 2.00 bits per heavy atom. The molecule has 0 saturated carbocycles. The second-order valence-electron chi connectivity index (χ2n) is 4.76. The number of methoxy groups -OCH3 is 1. The summed E-state index contributed by atoms with van der Waals surface area (Å²) in [6.45, 7) is 6.04. The van der Waals surface area contributed by atoms with Gasteiger partial charge in [-0.05, 0) is 39.8 Å². The molecule has 1 saturated heterocycles. The van der Waals surface area contributed by atoms with E-state index in [1.165, 1.54) is 7.11 Å². The smallest absolute Gasteiger partial charge is 0.475 e. The first-order chi connectivity index (χ1) is 9.61. The van der Waals surface area contributed by atoms with Gasteiger partial charge >= 0.3 is 18.2 Å². The van der Waals surface area contributed by atoms with Crippen molar-refractivity contribution in [3.63, 3.8) is 0 Å². The van der Waals surface area contributed by atoms with Gasteiger partial charge < -0.3 is 20.1 Å². The number of carbonyl (C=O) groups excluding carboxylic acids is 1. The third-order valence-electron chi connectivity index (χ3n) is 2.89. The summed E-state index contributed by atoms with van der Waals surface area (Å²) < 4.78 is 36.5. The van der Waals surface area contributed by atoms with E-state index in [-0.39, 0.29) is 12.1 Å². The van der Waals surface area contributed by atoms with Crippen LogP contribution in [-0.4, -0.2) is 60.5 Å². The van der Waals surface area contributed by atoms with Crippen LogP contribution in [-0.2, 0) is 9.53 Å². The number of alkyl halides is 3. The van der Waals surface area contributed by atoms with Crippen molar-refractivity contribution < 1.29 is 32.6 Å². The number of carboxylic acids is 1. The summed E-state index contributed by atoms with van der Waals surface area (Å²) in [7, 11) is 1.44. The number of piperidine rings is 1. The third-order valence-corrected chi connectivity index (χ3v) is 2.89. The fourth-order valence-corrected chi connectivity index (χ4v) is 1.97. The van der Waals surface area contributed by atoms with Crippen molar-refractivity contribution >= 4 is 12.1 Å². The van der Waals surface area contributed by atoms with Crippen molar-refractivity contribution in [2.24, 2.45) is 0 Å². The molecule has 0 radical (unpaired) electrons. The molecule has 0 aromatic carbocycles. The fraction of sp³-hybridized carbons (Fsp3) is 0.833. The Bertz CT molecular complexity index is 342. The molecule has 1 aliphatic rings. The van der Waals surface area contributed by atoms with Crippen molar-refractivity contribution in [3.05, 3.63) is 0 Å². The molecule has 0 aromatic rings. The first-order valence-electron chi connectivity index (χ1n) is 6.48. The summed E-state index contributed by atoms with van der Waals surface area (Å²) in [6, 6.07) is 0.550. The van der Waals surface area contributed by atoms with E-state index in [1.54, 1.807) is 0 Å². The zero-order chi connectivity index (χ0) is 16.6. The second kappa shape index (κ2) is 8.71. The standard InChI is InChI=1S/C10H20N2O2.C2HF3O2/c1-8(2)12(10(13)14-3)9-4-6-11-7-5-9;3-2(4,5)1(6)7/h8-9,11H,4-7H2,1-3H3;(H,6,7). The Morgan fingerprint density at radius 2 is 1.71 bits per heavy atom. The summed E-state index contributed by atoms with van der Waals surface area (Å²) in [5.41, 5.74) is 0. The molecule has 0 aliphatic carbocycles. The lowest BCUT2D eigenvalue weighted by Gasteiger charge is -2.36. The van der Waals surface area contributed by atoms with Gasteiger partial charge in [0, 0.05) is 12.1 Å². The number of rotatable bonds is 2. The van der Waals surface area contributed by atoms with Crippen molar-refractivity contribution in [1.29, 1.82) is 0 Å². The number of carboxylic acid groups (broad SMARTS) is 1. The molecule has 0 bridgehead atoms. The Hall–Kier alpha value is -1.51. The molecule has 1 heterocycles. The van der Waals surface area contributed by atoms with E-state index in [0.29, 0.717) is 6.04 Å². The molecule has 2 N–H and O–H groups in total. The van der Waals surface area contributed by atoms with Gasteiger partial charge in [0.25, 0.3) is 0 Å². The number of halogens is 3. The lowest BCUT2D eigenvalue weighted by molar-refractivity contribution is -0.192. The minimum absolute atomic E-state index is 0.202. The first-order valence-corrected chi connectivity index (χ1v) is 6.48. The van der Waals surface area contributed by atoms with Crippen LogP contribution in [0, 0.1) is 0 Å². The Balaban J connectivity index is 0.000000486. The van der Waals surface area contributed by atoms with Gasteiger partial charge in [0.1, 0.15) is 0 Å². The number of hydrogen-bond acceptors (Lipinski definition) is 4. The molecule has 21 heavy (non-hydrogen) atoms. The van der Waals surface area contributed by atoms with E-state index in [2.05, 4.69) is 5.32 Å². The van der Waals surface area contributed by atoms with Gasteiger partial charge in [-0.1, -0.05) is 0 Å². The lowest BCUT2D eigenvalue weighted by atomic mass is 10.0. The van der Waals surface area contributed by atoms with Crippen LogP contribution in [0.4, 0.5) is 18.0 Å². The molecule has 0 spiro atoms. The summed E-state index contributed by atoms with van der Waals surface area (Å²) in [5, 5.41) is 10.4. The van der Waals surface area contributed by atoms with Crippen molar-refractivity contribution in [2.75, 3.05) is 20.2 Å². The fourth-order valence-electron chi connectivity index (χ4n) is 1.97. The summed E-state index contributed by atoms with van der Waals surface area (Å²) in [4.78, 5) is 22.3. The van der Waals surface area contributed by atoms with Gasteiger partial charge in [-0.3, -0.25) is 0 Å². The normalized spacial score (nSPS) is 16.0. The molecule has 124 valence electrons. The number of amides is 1. The predicted octanol–water partition coefficient (Wildman–Crippen LogP) is 1.85.